The highest BCUT2D eigenvalue weighted by Crippen LogP contribution is 2.21. The number of hydrogen-bond acceptors (Lipinski definition) is 7. The van der Waals surface area contributed by atoms with Crippen LogP contribution < -0.4 is 10.6 Å². The number of amides is 2. The number of carbonyl (C=O) groups excluding carboxylic acids is 3. The van der Waals surface area contributed by atoms with Gasteiger partial charge in [-0.15, -0.1) is 10.2 Å². The molecule has 1 heterocycles. The second-order valence-corrected chi connectivity index (χ2v) is 7.92. The summed E-state index contributed by atoms with van der Waals surface area (Å²) < 4.78 is 19.5. The summed E-state index contributed by atoms with van der Waals surface area (Å²) in [5.41, 5.74) is 0.930. The first-order valence-corrected chi connectivity index (χ1v) is 10.8. The zero-order valence-electron chi connectivity index (χ0n) is 18.2. The van der Waals surface area contributed by atoms with Gasteiger partial charge in [0.2, 0.25) is 5.91 Å². The molecule has 3 rings (SSSR count). The van der Waals surface area contributed by atoms with E-state index in [0.29, 0.717) is 22.2 Å². The predicted molar refractivity (Wildman–Crippen MR) is 120 cm³/mol. The Balaban J connectivity index is 1.60. The average molecular weight is 472 g/mol. The first-order valence-electron chi connectivity index (χ1n) is 9.86. The third kappa shape index (κ3) is 5.95. The molecule has 0 bridgehead atoms. The topological polar surface area (TPSA) is 115 Å². The zero-order valence-corrected chi connectivity index (χ0v) is 19.0. The van der Waals surface area contributed by atoms with Crippen molar-refractivity contribution in [1.29, 1.82) is 0 Å². The normalized spacial score (nSPS) is 11.5. The minimum absolute atomic E-state index is 0.0256. The molecule has 2 aromatic carbocycles. The summed E-state index contributed by atoms with van der Waals surface area (Å²) in [6.07, 6.45) is 0. The molecule has 1 unspecified atom stereocenters. The van der Waals surface area contributed by atoms with Crippen LogP contribution in [-0.2, 0) is 16.6 Å². The smallest absolute Gasteiger partial charge is 0.339 e. The van der Waals surface area contributed by atoms with Gasteiger partial charge in [0.1, 0.15) is 5.82 Å². The SMILES string of the molecule is COC(=O)c1ccccc1NC(=O)CSc1nnc(C(C)NC(=O)c2ccc(F)cc2)n1C. The molecule has 0 radical (unpaired) electrons. The molecular weight excluding hydrogens is 449 g/mol. The van der Waals surface area contributed by atoms with Crippen LogP contribution >= 0.6 is 11.8 Å². The van der Waals surface area contributed by atoms with Crippen molar-refractivity contribution in [1.82, 2.24) is 20.1 Å². The standard InChI is InChI=1S/C22H22FN5O4S/c1-13(24-20(30)14-8-10-15(23)11-9-14)19-26-27-22(28(19)2)33-12-18(29)25-17-7-5-4-6-16(17)21(31)32-3/h4-11,13H,12H2,1-3H3,(H,24,30)(H,25,29). The number of esters is 1. The maximum absolute atomic E-state index is 13.1. The van der Waals surface area contributed by atoms with Crippen molar-refractivity contribution in [3.05, 3.63) is 71.3 Å². The lowest BCUT2D eigenvalue weighted by molar-refractivity contribution is -0.113. The van der Waals surface area contributed by atoms with E-state index in [1.54, 1.807) is 42.8 Å². The van der Waals surface area contributed by atoms with Gasteiger partial charge in [-0.25, -0.2) is 9.18 Å². The first-order chi connectivity index (χ1) is 15.8. The van der Waals surface area contributed by atoms with Crippen LogP contribution in [0.25, 0.3) is 0 Å². The minimum Gasteiger partial charge on any atom is -0.465 e. The molecule has 2 N–H and O–H groups in total. The van der Waals surface area contributed by atoms with E-state index in [1.807, 2.05) is 0 Å². The Bertz CT molecular complexity index is 1170. The number of benzene rings is 2. The highest BCUT2D eigenvalue weighted by atomic mass is 32.2. The summed E-state index contributed by atoms with van der Waals surface area (Å²) in [5.74, 6) is -1.16. The van der Waals surface area contributed by atoms with Gasteiger partial charge in [0, 0.05) is 12.6 Å². The third-order valence-electron chi connectivity index (χ3n) is 4.65. The summed E-state index contributed by atoms with van der Waals surface area (Å²) in [6, 6.07) is 11.3. The van der Waals surface area contributed by atoms with E-state index >= 15 is 0 Å². The number of aromatic nitrogens is 3. The molecule has 1 aromatic heterocycles. The molecular formula is C22H22FN5O4S. The van der Waals surface area contributed by atoms with Crippen LogP contribution in [0.1, 0.15) is 39.5 Å². The molecule has 0 fully saturated rings. The average Bonchev–Trinajstić information content (AvgIpc) is 3.18. The molecule has 33 heavy (non-hydrogen) atoms. The number of nitrogens with one attached hydrogen (secondary N) is 2. The lowest BCUT2D eigenvalue weighted by Crippen LogP contribution is -2.28. The van der Waals surface area contributed by atoms with Crippen LogP contribution in [0.5, 0.6) is 0 Å². The number of nitrogens with zero attached hydrogens (tertiary/aromatic N) is 3. The number of rotatable bonds is 8. The van der Waals surface area contributed by atoms with Crippen molar-refractivity contribution < 1.29 is 23.5 Å². The van der Waals surface area contributed by atoms with Crippen molar-refractivity contribution in [3.63, 3.8) is 0 Å². The lowest BCUT2D eigenvalue weighted by Gasteiger charge is -2.13. The van der Waals surface area contributed by atoms with Gasteiger partial charge in [-0.3, -0.25) is 9.59 Å². The van der Waals surface area contributed by atoms with E-state index in [9.17, 15) is 18.8 Å². The zero-order chi connectivity index (χ0) is 24.0. The third-order valence-corrected chi connectivity index (χ3v) is 5.67. The van der Waals surface area contributed by atoms with Gasteiger partial charge >= 0.3 is 5.97 Å². The highest BCUT2D eigenvalue weighted by molar-refractivity contribution is 7.99. The Labute approximate surface area is 193 Å². The number of thioether (sulfide) groups is 1. The number of methoxy groups -OCH3 is 1. The molecule has 3 aromatic rings. The highest BCUT2D eigenvalue weighted by Gasteiger charge is 2.20. The Morgan fingerprint density at radius 2 is 1.82 bits per heavy atom. The Morgan fingerprint density at radius 1 is 1.12 bits per heavy atom. The van der Waals surface area contributed by atoms with Gasteiger partial charge in [0.05, 0.1) is 30.2 Å². The number of ether oxygens (including phenoxy) is 1. The summed E-state index contributed by atoms with van der Waals surface area (Å²) in [5, 5.41) is 14.2. The van der Waals surface area contributed by atoms with Crippen molar-refractivity contribution in [2.24, 2.45) is 7.05 Å². The van der Waals surface area contributed by atoms with Gasteiger partial charge < -0.3 is 19.9 Å². The van der Waals surface area contributed by atoms with E-state index in [4.69, 9.17) is 4.74 Å². The number of halogens is 1. The number of hydrogen-bond donors (Lipinski definition) is 2. The molecule has 9 nitrogen and oxygen atoms in total. The number of carbonyl (C=O) groups is 3. The number of para-hydroxylation sites is 1. The Hall–Kier alpha value is -3.73. The fraction of sp³-hybridized carbons (Fsp3) is 0.227. The van der Waals surface area contributed by atoms with Crippen LogP contribution in [0.15, 0.2) is 53.7 Å². The molecule has 2 amide bonds. The van der Waals surface area contributed by atoms with Crippen LogP contribution in [0.3, 0.4) is 0 Å². The summed E-state index contributed by atoms with van der Waals surface area (Å²) in [4.78, 5) is 36.6. The fourth-order valence-corrected chi connectivity index (χ4v) is 3.69. The second kappa shape index (κ2) is 10.7. The maximum Gasteiger partial charge on any atom is 0.339 e. The van der Waals surface area contributed by atoms with Crippen molar-refractivity contribution in [2.45, 2.75) is 18.1 Å². The predicted octanol–water partition coefficient (Wildman–Crippen LogP) is 2.96. The van der Waals surface area contributed by atoms with E-state index < -0.39 is 17.8 Å². The summed E-state index contributed by atoms with van der Waals surface area (Å²) in [6.45, 7) is 1.75. The molecule has 0 aliphatic heterocycles. The van der Waals surface area contributed by atoms with Gasteiger partial charge in [-0.2, -0.15) is 0 Å². The molecule has 0 saturated carbocycles. The fourth-order valence-electron chi connectivity index (χ4n) is 2.97. The molecule has 0 aliphatic carbocycles. The van der Waals surface area contributed by atoms with Crippen molar-refractivity contribution in [2.75, 3.05) is 18.2 Å². The van der Waals surface area contributed by atoms with Crippen molar-refractivity contribution in [3.8, 4) is 0 Å². The lowest BCUT2D eigenvalue weighted by atomic mass is 10.2. The maximum atomic E-state index is 13.1. The van der Waals surface area contributed by atoms with Crippen LogP contribution in [0.4, 0.5) is 10.1 Å². The molecule has 1 atom stereocenters. The summed E-state index contributed by atoms with van der Waals surface area (Å²) in [7, 11) is 2.99. The van der Waals surface area contributed by atoms with Crippen LogP contribution in [-0.4, -0.2) is 45.4 Å². The van der Waals surface area contributed by atoms with E-state index in [1.165, 1.54) is 31.4 Å². The van der Waals surface area contributed by atoms with Gasteiger partial charge in [0.15, 0.2) is 11.0 Å². The molecule has 11 heteroatoms. The van der Waals surface area contributed by atoms with Gasteiger partial charge in [-0.1, -0.05) is 23.9 Å². The Morgan fingerprint density at radius 3 is 2.52 bits per heavy atom. The second-order valence-electron chi connectivity index (χ2n) is 6.98. The first kappa shape index (κ1) is 23.9. The molecule has 0 spiro atoms. The quantitative estimate of drug-likeness (QED) is 0.383. The largest absolute Gasteiger partial charge is 0.465 e. The number of anilines is 1. The molecule has 172 valence electrons. The molecule has 0 aliphatic rings. The van der Waals surface area contributed by atoms with Crippen LogP contribution in [0, 0.1) is 5.82 Å². The van der Waals surface area contributed by atoms with Crippen LogP contribution in [0.2, 0.25) is 0 Å². The van der Waals surface area contributed by atoms with E-state index in [0.717, 1.165) is 11.8 Å². The van der Waals surface area contributed by atoms with Gasteiger partial charge in [-0.05, 0) is 43.3 Å². The summed E-state index contributed by atoms with van der Waals surface area (Å²) >= 11 is 1.16. The monoisotopic (exact) mass is 471 g/mol. The minimum atomic E-state index is -0.548. The Kier molecular flexibility index (Phi) is 7.78. The van der Waals surface area contributed by atoms with E-state index in [2.05, 4.69) is 20.8 Å². The van der Waals surface area contributed by atoms with Crippen molar-refractivity contribution >= 4 is 35.2 Å². The van der Waals surface area contributed by atoms with Gasteiger partial charge in [0.25, 0.3) is 5.91 Å². The molecule has 0 saturated heterocycles. The van der Waals surface area contributed by atoms with E-state index in [-0.39, 0.29) is 23.1 Å².